The van der Waals surface area contributed by atoms with Crippen LogP contribution in [0.4, 0.5) is 0 Å². The molecule has 2 radical (unpaired) electrons. The van der Waals surface area contributed by atoms with E-state index in [0.29, 0.717) is 0 Å². The minimum absolute atomic E-state index is 0.289. The molecular weight excluding hydrogens is 184 g/mol. The quantitative estimate of drug-likeness (QED) is 0.646. The molecular formula is C13H11Si-. The number of hydrogen-bond acceptors (Lipinski definition) is 0. The van der Waals surface area contributed by atoms with Crippen molar-refractivity contribution in [3.8, 4) is 0 Å². The molecule has 0 unspecified atom stereocenters. The van der Waals surface area contributed by atoms with Gasteiger partial charge in [-0.15, -0.1) is 0 Å². The van der Waals surface area contributed by atoms with Crippen molar-refractivity contribution in [2.45, 2.75) is 5.54 Å². The van der Waals surface area contributed by atoms with Crippen LogP contribution in [0.2, 0.25) is 0 Å². The topological polar surface area (TPSA) is 0 Å². The lowest BCUT2D eigenvalue weighted by molar-refractivity contribution is 1.14. The first-order chi connectivity index (χ1) is 6.88. The summed E-state index contributed by atoms with van der Waals surface area (Å²) in [6.45, 7) is 0. The molecule has 0 saturated heterocycles. The summed E-state index contributed by atoms with van der Waals surface area (Å²) in [5.74, 6) is 0. The molecule has 14 heavy (non-hydrogen) atoms. The van der Waals surface area contributed by atoms with Crippen LogP contribution in [0.5, 0.6) is 0 Å². The molecule has 0 aliphatic heterocycles. The Bertz CT molecular complexity index is 341. The maximum absolute atomic E-state index is 3.75. The van der Waals surface area contributed by atoms with Gasteiger partial charge < -0.3 is 10.2 Å². The molecule has 0 bridgehead atoms. The van der Waals surface area contributed by atoms with E-state index in [2.05, 4.69) is 58.8 Å². The van der Waals surface area contributed by atoms with E-state index in [4.69, 9.17) is 0 Å². The zero-order valence-electron chi connectivity index (χ0n) is 7.85. The van der Waals surface area contributed by atoms with Crippen molar-refractivity contribution in [2.75, 3.05) is 0 Å². The molecule has 0 N–H and O–H groups in total. The molecule has 2 rings (SSSR count). The first-order valence-corrected chi connectivity index (χ1v) is 5.26. The summed E-state index contributed by atoms with van der Waals surface area (Å²) in [5.41, 5.74) is 2.86. The average Bonchev–Trinajstić information content (AvgIpc) is 2.30. The predicted octanol–water partition coefficient (Wildman–Crippen LogP) is 2.94. The van der Waals surface area contributed by atoms with E-state index in [1.165, 1.54) is 11.1 Å². The monoisotopic (exact) mass is 195 g/mol. The van der Waals surface area contributed by atoms with Crippen LogP contribution in [0.3, 0.4) is 0 Å². The fraction of sp³-hybridized carbons (Fsp3) is 0.0769. The Labute approximate surface area is 88.0 Å². The van der Waals surface area contributed by atoms with Gasteiger partial charge in [0.05, 0.1) is 0 Å². The first kappa shape index (κ1) is 9.22. The zero-order valence-corrected chi connectivity index (χ0v) is 8.85. The Hall–Kier alpha value is -1.34. The van der Waals surface area contributed by atoms with Crippen molar-refractivity contribution < 1.29 is 0 Å². The molecule has 2 aromatic rings. The Morgan fingerprint density at radius 2 is 1.00 bits per heavy atom. The fourth-order valence-corrected chi connectivity index (χ4v) is 1.87. The summed E-state index contributed by atoms with van der Waals surface area (Å²) in [4.78, 5) is 0. The minimum Gasteiger partial charge on any atom is -0.656 e. The number of rotatable bonds is 2. The van der Waals surface area contributed by atoms with Crippen molar-refractivity contribution in [1.82, 2.24) is 0 Å². The molecule has 68 valence electrons. The van der Waals surface area contributed by atoms with Crippen LogP contribution in [0.25, 0.3) is 0 Å². The Morgan fingerprint density at radius 3 is 1.36 bits per heavy atom. The Kier molecular flexibility index (Phi) is 2.80. The van der Waals surface area contributed by atoms with E-state index in [0.717, 1.165) is 0 Å². The van der Waals surface area contributed by atoms with Gasteiger partial charge in [0.1, 0.15) is 0 Å². The summed E-state index contributed by atoms with van der Waals surface area (Å²) in [7, 11) is 3.75. The molecule has 0 amide bonds. The van der Waals surface area contributed by atoms with E-state index >= 15 is 0 Å². The minimum atomic E-state index is 0.289. The largest absolute Gasteiger partial charge is 0.656 e. The fourth-order valence-electron chi connectivity index (χ4n) is 1.48. The highest BCUT2D eigenvalue weighted by atomic mass is 28.1. The standard InChI is InChI=1S/C13H11Si/c14-13(11-7-3-1-4-8-11)12-9-5-2-6-10-12/h1-10,13H/q-1. The van der Waals surface area contributed by atoms with Gasteiger partial charge in [-0.05, 0) is 0 Å². The second kappa shape index (κ2) is 4.25. The second-order valence-corrected chi connectivity index (χ2v) is 3.83. The SMILES string of the molecule is [Si-]C(c1ccccc1)c1ccccc1. The van der Waals surface area contributed by atoms with E-state index in [9.17, 15) is 0 Å². The predicted molar refractivity (Wildman–Crippen MR) is 60.5 cm³/mol. The number of benzene rings is 2. The summed E-state index contributed by atoms with van der Waals surface area (Å²) >= 11 is 0. The third-order valence-electron chi connectivity index (χ3n) is 2.27. The average molecular weight is 195 g/mol. The van der Waals surface area contributed by atoms with Gasteiger partial charge in [0.15, 0.2) is 0 Å². The molecule has 0 atom stereocenters. The van der Waals surface area contributed by atoms with Crippen LogP contribution < -0.4 is 0 Å². The zero-order chi connectivity index (χ0) is 9.80. The highest BCUT2D eigenvalue weighted by molar-refractivity contribution is 6.14. The van der Waals surface area contributed by atoms with Crippen molar-refractivity contribution >= 4 is 10.2 Å². The second-order valence-electron chi connectivity index (χ2n) is 3.25. The van der Waals surface area contributed by atoms with Gasteiger partial charge in [0.25, 0.3) is 0 Å². The molecule has 0 fully saturated rings. The summed E-state index contributed by atoms with van der Waals surface area (Å²) in [6, 6.07) is 20.8. The summed E-state index contributed by atoms with van der Waals surface area (Å²) in [5, 5.41) is 0. The van der Waals surface area contributed by atoms with Crippen molar-refractivity contribution in [3.63, 3.8) is 0 Å². The van der Waals surface area contributed by atoms with Crippen LogP contribution in [-0.4, -0.2) is 10.2 Å². The highest BCUT2D eigenvalue weighted by Gasteiger charge is 1.95. The van der Waals surface area contributed by atoms with Crippen LogP contribution in [-0.2, 0) is 0 Å². The lowest BCUT2D eigenvalue weighted by Crippen LogP contribution is -1.99. The van der Waals surface area contributed by atoms with E-state index in [1.54, 1.807) is 0 Å². The lowest BCUT2D eigenvalue weighted by Gasteiger charge is -2.24. The lowest BCUT2D eigenvalue weighted by atomic mass is 10.0. The molecule has 0 saturated carbocycles. The van der Waals surface area contributed by atoms with E-state index < -0.39 is 0 Å². The van der Waals surface area contributed by atoms with Crippen LogP contribution >= 0.6 is 0 Å². The van der Waals surface area contributed by atoms with Gasteiger partial charge in [0.2, 0.25) is 0 Å². The summed E-state index contributed by atoms with van der Waals surface area (Å²) in [6.07, 6.45) is 0. The van der Waals surface area contributed by atoms with Gasteiger partial charge in [0, 0.05) is 0 Å². The normalized spacial score (nSPS) is 10.4. The van der Waals surface area contributed by atoms with E-state index in [1.807, 2.05) is 12.1 Å². The van der Waals surface area contributed by atoms with Gasteiger partial charge in [-0.1, -0.05) is 71.8 Å². The van der Waals surface area contributed by atoms with Crippen molar-refractivity contribution in [2.24, 2.45) is 0 Å². The molecule has 0 spiro atoms. The maximum Gasteiger partial charge on any atom is -0.0617 e. The van der Waals surface area contributed by atoms with Gasteiger partial charge in [-0.25, -0.2) is 0 Å². The molecule has 2 aromatic carbocycles. The third kappa shape index (κ3) is 1.94. The first-order valence-electron chi connectivity index (χ1n) is 4.69. The third-order valence-corrected chi connectivity index (χ3v) is 2.93. The molecule has 0 nitrogen and oxygen atoms in total. The molecule has 0 heterocycles. The van der Waals surface area contributed by atoms with Crippen LogP contribution in [0.15, 0.2) is 60.7 Å². The highest BCUT2D eigenvalue weighted by Crippen LogP contribution is 2.20. The summed E-state index contributed by atoms with van der Waals surface area (Å²) < 4.78 is 0. The van der Waals surface area contributed by atoms with Gasteiger partial charge in [-0.2, -0.15) is 5.54 Å². The van der Waals surface area contributed by atoms with Crippen LogP contribution in [0.1, 0.15) is 16.7 Å². The molecule has 0 aromatic heterocycles. The van der Waals surface area contributed by atoms with Crippen molar-refractivity contribution in [3.05, 3.63) is 71.8 Å². The Balaban J connectivity index is 2.30. The maximum atomic E-state index is 3.75. The number of hydrogen-bond donors (Lipinski definition) is 0. The smallest absolute Gasteiger partial charge is 0.0617 e. The van der Waals surface area contributed by atoms with E-state index in [-0.39, 0.29) is 5.54 Å². The van der Waals surface area contributed by atoms with Gasteiger partial charge >= 0.3 is 0 Å². The van der Waals surface area contributed by atoms with Crippen LogP contribution in [0, 0.1) is 0 Å². The van der Waals surface area contributed by atoms with Gasteiger partial charge in [-0.3, -0.25) is 0 Å². The Morgan fingerprint density at radius 1 is 0.643 bits per heavy atom. The molecule has 0 aliphatic rings. The van der Waals surface area contributed by atoms with Crippen molar-refractivity contribution in [1.29, 1.82) is 0 Å². The molecule has 0 aliphatic carbocycles. The molecule has 1 heteroatoms.